The summed E-state index contributed by atoms with van der Waals surface area (Å²) in [4.78, 5) is 60.7. The van der Waals surface area contributed by atoms with Crippen molar-refractivity contribution in [3.05, 3.63) is 0 Å². The summed E-state index contributed by atoms with van der Waals surface area (Å²) in [5.74, 6) is -5.02. The number of aliphatic hydroxyl groups excluding tert-OH is 2. The van der Waals surface area contributed by atoms with Crippen LogP contribution in [-0.4, -0.2) is 98.4 Å². The molecule has 30 heavy (non-hydrogen) atoms. The molecule has 0 aromatic heterocycles. The van der Waals surface area contributed by atoms with Crippen molar-refractivity contribution in [1.29, 1.82) is 0 Å². The highest BCUT2D eigenvalue weighted by molar-refractivity contribution is 5.94. The van der Waals surface area contributed by atoms with Crippen LogP contribution >= 0.6 is 0 Å². The van der Waals surface area contributed by atoms with E-state index in [2.05, 4.69) is 10.6 Å². The molecule has 1 saturated heterocycles. The van der Waals surface area contributed by atoms with E-state index in [1.54, 1.807) is 0 Å². The van der Waals surface area contributed by atoms with E-state index in [1.165, 1.54) is 6.92 Å². The van der Waals surface area contributed by atoms with Gasteiger partial charge in [-0.3, -0.25) is 19.2 Å². The van der Waals surface area contributed by atoms with E-state index in [4.69, 9.17) is 21.1 Å². The summed E-state index contributed by atoms with van der Waals surface area (Å²) in [6, 6.07) is -5.23. The summed E-state index contributed by atoms with van der Waals surface area (Å²) in [6.07, 6.45) is -1.45. The van der Waals surface area contributed by atoms with Gasteiger partial charge in [0.15, 0.2) is 6.04 Å². The van der Waals surface area contributed by atoms with Crippen LogP contribution in [0, 0.1) is 0 Å². The van der Waals surface area contributed by atoms with Gasteiger partial charge in [-0.05, 0) is 26.2 Å². The molecule has 1 fully saturated rings. The number of aliphatic carboxylic acids is 2. The highest BCUT2D eigenvalue weighted by atomic mass is 16.4. The molecule has 5 atom stereocenters. The van der Waals surface area contributed by atoms with Gasteiger partial charge in [0.25, 0.3) is 0 Å². The van der Waals surface area contributed by atoms with Crippen molar-refractivity contribution in [1.82, 2.24) is 15.5 Å². The van der Waals surface area contributed by atoms with Crippen molar-refractivity contribution in [3.8, 4) is 0 Å². The van der Waals surface area contributed by atoms with Crippen molar-refractivity contribution < 1.29 is 44.4 Å². The van der Waals surface area contributed by atoms with Crippen molar-refractivity contribution in [3.63, 3.8) is 0 Å². The molecule has 0 aromatic rings. The Morgan fingerprint density at radius 2 is 1.80 bits per heavy atom. The van der Waals surface area contributed by atoms with Gasteiger partial charge in [0, 0.05) is 13.0 Å². The van der Waals surface area contributed by atoms with Gasteiger partial charge in [0.05, 0.1) is 12.7 Å². The summed E-state index contributed by atoms with van der Waals surface area (Å²) >= 11 is 0. The summed E-state index contributed by atoms with van der Waals surface area (Å²) in [5.41, 5.74) is 5.41. The Labute approximate surface area is 172 Å². The summed E-state index contributed by atoms with van der Waals surface area (Å²) in [5, 5.41) is 41.0. The maximum Gasteiger partial charge on any atom is 0.328 e. The molecule has 0 radical (unpaired) electrons. The number of rotatable bonds is 11. The lowest BCUT2D eigenvalue weighted by atomic mass is 10.1. The third-order valence-electron chi connectivity index (χ3n) is 4.68. The molecule has 0 aliphatic carbocycles. The Morgan fingerprint density at radius 1 is 1.17 bits per heavy atom. The molecule has 8 N–H and O–H groups in total. The zero-order valence-electron chi connectivity index (χ0n) is 16.5. The third-order valence-corrected chi connectivity index (χ3v) is 4.68. The Bertz CT molecular complexity index is 670. The first-order valence-electron chi connectivity index (χ1n) is 9.39. The summed E-state index contributed by atoms with van der Waals surface area (Å²) in [7, 11) is 0. The van der Waals surface area contributed by atoms with Gasteiger partial charge in [-0.15, -0.1) is 0 Å². The minimum atomic E-state index is -1.57. The second-order valence-electron chi connectivity index (χ2n) is 7.04. The highest BCUT2D eigenvalue weighted by Gasteiger charge is 2.39. The molecule has 1 aliphatic heterocycles. The van der Waals surface area contributed by atoms with Crippen LogP contribution in [0.2, 0.25) is 0 Å². The van der Waals surface area contributed by atoms with Crippen LogP contribution in [-0.2, 0) is 24.0 Å². The number of aliphatic hydroxyl groups is 2. The second-order valence-corrected chi connectivity index (χ2v) is 7.04. The van der Waals surface area contributed by atoms with Crippen molar-refractivity contribution >= 4 is 29.7 Å². The molecule has 0 spiro atoms. The first-order chi connectivity index (χ1) is 14.0. The predicted molar refractivity (Wildman–Crippen MR) is 99.8 cm³/mol. The fraction of sp³-hybridized carbons (Fsp3) is 0.706. The first kappa shape index (κ1) is 25.3. The number of likely N-dealkylation sites (tertiary alicyclic amines) is 1. The van der Waals surface area contributed by atoms with Crippen LogP contribution in [0.15, 0.2) is 0 Å². The number of carbonyl (C=O) groups excluding carboxylic acids is 3. The fourth-order valence-corrected chi connectivity index (χ4v) is 3.03. The predicted octanol–water partition coefficient (Wildman–Crippen LogP) is -3.40. The summed E-state index contributed by atoms with van der Waals surface area (Å²) < 4.78 is 0. The van der Waals surface area contributed by atoms with E-state index in [1.807, 2.05) is 0 Å². The van der Waals surface area contributed by atoms with Gasteiger partial charge in [0.2, 0.25) is 17.7 Å². The fourth-order valence-electron chi connectivity index (χ4n) is 3.03. The average molecular weight is 432 g/mol. The van der Waals surface area contributed by atoms with Gasteiger partial charge < -0.3 is 41.7 Å². The molecular weight excluding hydrogens is 404 g/mol. The van der Waals surface area contributed by atoms with Crippen LogP contribution in [0.3, 0.4) is 0 Å². The van der Waals surface area contributed by atoms with Crippen LogP contribution in [0.5, 0.6) is 0 Å². The topological polar surface area (TPSA) is 220 Å². The number of hydrogen-bond acceptors (Lipinski definition) is 8. The minimum absolute atomic E-state index is 0.134. The molecule has 1 aliphatic rings. The Morgan fingerprint density at radius 3 is 2.30 bits per heavy atom. The highest BCUT2D eigenvalue weighted by Crippen LogP contribution is 2.20. The molecule has 0 bridgehead atoms. The van der Waals surface area contributed by atoms with E-state index in [9.17, 15) is 29.1 Å². The molecule has 0 saturated carbocycles. The Kier molecular flexibility index (Phi) is 9.62. The van der Waals surface area contributed by atoms with E-state index >= 15 is 0 Å². The lowest BCUT2D eigenvalue weighted by Crippen LogP contribution is -2.58. The SMILES string of the molecule is CC(O)C(NC(=O)C1CCCN1C(=O)C(CCC(=O)O)NC(=O)C(N)CO)C(=O)O. The number of amides is 3. The van der Waals surface area contributed by atoms with Gasteiger partial charge in [0.1, 0.15) is 18.1 Å². The molecular formula is C17H28N4O9. The number of nitrogens with two attached hydrogens (primary N) is 1. The molecule has 1 heterocycles. The number of carboxylic acids is 2. The largest absolute Gasteiger partial charge is 0.481 e. The van der Waals surface area contributed by atoms with Gasteiger partial charge in [-0.2, -0.15) is 0 Å². The van der Waals surface area contributed by atoms with E-state index in [0.717, 1.165) is 4.90 Å². The number of carboxylic acid groups (broad SMARTS) is 2. The van der Waals surface area contributed by atoms with Gasteiger partial charge in [-0.25, -0.2) is 4.79 Å². The monoisotopic (exact) mass is 432 g/mol. The number of nitrogens with one attached hydrogen (secondary N) is 2. The van der Waals surface area contributed by atoms with E-state index in [-0.39, 0.29) is 19.4 Å². The molecule has 5 unspecified atom stereocenters. The molecule has 0 aromatic carbocycles. The van der Waals surface area contributed by atoms with E-state index in [0.29, 0.717) is 6.42 Å². The maximum atomic E-state index is 12.9. The molecule has 1 rings (SSSR count). The molecule has 170 valence electrons. The maximum absolute atomic E-state index is 12.9. The van der Waals surface area contributed by atoms with Crippen molar-refractivity contribution in [2.45, 2.75) is 62.9 Å². The smallest absolute Gasteiger partial charge is 0.328 e. The number of nitrogens with zero attached hydrogens (tertiary/aromatic N) is 1. The Balaban J connectivity index is 2.97. The van der Waals surface area contributed by atoms with Gasteiger partial charge in [-0.1, -0.05) is 0 Å². The lowest BCUT2D eigenvalue weighted by Gasteiger charge is -2.30. The minimum Gasteiger partial charge on any atom is -0.481 e. The van der Waals surface area contributed by atoms with Crippen LogP contribution in [0.4, 0.5) is 0 Å². The quantitative estimate of drug-likeness (QED) is 0.171. The Hall–Kier alpha value is -2.77. The third kappa shape index (κ3) is 6.93. The van der Waals surface area contributed by atoms with Crippen molar-refractivity contribution in [2.24, 2.45) is 5.73 Å². The van der Waals surface area contributed by atoms with Crippen LogP contribution < -0.4 is 16.4 Å². The first-order valence-corrected chi connectivity index (χ1v) is 9.39. The number of hydrogen-bond donors (Lipinski definition) is 7. The van der Waals surface area contributed by atoms with Crippen LogP contribution in [0.1, 0.15) is 32.6 Å². The standard InChI is InChI=1S/C17H28N4O9/c1-8(23)13(17(29)30)20-15(27)11-3-2-6-21(11)16(28)10(4-5-12(24)25)19-14(26)9(18)7-22/h8-11,13,22-23H,2-7,18H2,1H3,(H,19,26)(H,20,27)(H,24,25)(H,29,30). The zero-order valence-corrected chi connectivity index (χ0v) is 16.5. The van der Waals surface area contributed by atoms with E-state index < -0.39 is 73.0 Å². The van der Waals surface area contributed by atoms with Crippen LogP contribution in [0.25, 0.3) is 0 Å². The zero-order chi connectivity index (χ0) is 23.0. The average Bonchev–Trinajstić information content (AvgIpc) is 3.16. The van der Waals surface area contributed by atoms with Crippen molar-refractivity contribution in [2.75, 3.05) is 13.2 Å². The molecule has 3 amide bonds. The lowest BCUT2D eigenvalue weighted by molar-refractivity contribution is -0.147. The normalized spacial score (nSPS) is 20.0. The number of carbonyl (C=O) groups is 5. The molecule has 13 heteroatoms. The van der Waals surface area contributed by atoms with Gasteiger partial charge >= 0.3 is 11.9 Å². The molecule has 13 nitrogen and oxygen atoms in total. The second kappa shape index (κ2) is 11.4. The summed E-state index contributed by atoms with van der Waals surface area (Å²) in [6.45, 7) is 0.643.